The van der Waals surface area contributed by atoms with Gasteiger partial charge in [0.1, 0.15) is 16.8 Å². The largest absolute Gasteiger partial charge is 0.497 e. The third-order valence-electron chi connectivity index (χ3n) is 5.03. The average molecular weight is 483 g/mol. The maximum absolute atomic E-state index is 12.5. The van der Waals surface area contributed by atoms with Crippen LogP contribution >= 0.6 is 23.1 Å². The molecule has 0 unspecified atom stereocenters. The Labute approximate surface area is 198 Å². The van der Waals surface area contributed by atoms with E-state index in [1.165, 1.54) is 20.9 Å². The maximum atomic E-state index is 12.5. The van der Waals surface area contributed by atoms with Gasteiger partial charge in [0.05, 0.1) is 24.6 Å². The van der Waals surface area contributed by atoms with Crippen molar-refractivity contribution in [2.75, 3.05) is 29.4 Å². The van der Waals surface area contributed by atoms with E-state index in [-0.39, 0.29) is 17.6 Å². The van der Waals surface area contributed by atoms with E-state index in [9.17, 15) is 10.1 Å². The number of thioether (sulfide) groups is 1. The van der Waals surface area contributed by atoms with Crippen molar-refractivity contribution in [1.82, 2.24) is 14.9 Å². The number of nitrogen functional groups attached to an aromatic ring is 1. The lowest BCUT2D eigenvalue weighted by Gasteiger charge is -2.09. The van der Waals surface area contributed by atoms with Crippen molar-refractivity contribution in [2.24, 2.45) is 5.10 Å². The number of nitrogens with two attached hydrogens (primary N) is 1. The Hall–Kier alpha value is -3.56. The summed E-state index contributed by atoms with van der Waals surface area (Å²) in [5.74, 6) is 6.86. The standard InChI is InChI=1S/C21H22N8O2S2/c1-31-14-8-6-13(7-9-14)11-24-26-20-27-28-21(29(20)23)32-12-18(30)25-19-16(10-22)15-4-2-3-5-17(15)33-19/h6-9,11H,2-5,12,23H2,1H3,(H,25,30)(H,26,27)/b24-11+. The topological polar surface area (TPSA) is 143 Å². The number of anilines is 2. The number of hydrogen-bond donors (Lipinski definition) is 3. The number of amides is 1. The molecule has 0 saturated carbocycles. The van der Waals surface area contributed by atoms with Crippen LogP contribution in [0.3, 0.4) is 0 Å². The summed E-state index contributed by atoms with van der Waals surface area (Å²) in [5, 5.41) is 25.4. The van der Waals surface area contributed by atoms with Gasteiger partial charge in [0.25, 0.3) is 5.95 Å². The van der Waals surface area contributed by atoms with Crippen LogP contribution in [0, 0.1) is 11.3 Å². The van der Waals surface area contributed by atoms with Crippen LogP contribution in [0.25, 0.3) is 0 Å². The number of carbonyl (C=O) groups excluding carboxylic acids is 1. The Bertz CT molecular complexity index is 1210. The smallest absolute Gasteiger partial charge is 0.264 e. The Balaban J connectivity index is 1.32. The van der Waals surface area contributed by atoms with E-state index in [1.54, 1.807) is 13.3 Å². The van der Waals surface area contributed by atoms with Gasteiger partial charge in [0, 0.05) is 4.88 Å². The number of ether oxygens (including phenoxy) is 1. The number of methoxy groups -OCH3 is 1. The molecule has 4 N–H and O–H groups in total. The fourth-order valence-electron chi connectivity index (χ4n) is 3.37. The molecule has 12 heteroatoms. The summed E-state index contributed by atoms with van der Waals surface area (Å²) in [4.78, 5) is 13.7. The van der Waals surface area contributed by atoms with Crippen molar-refractivity contribution in [3.63, 3.8) is 0 Å². The van der Waals surface area contributed by atoms with E-state index >= 15 is 0 Å². The van der Waals surface area contributed by atoms with Gasteiger partial charge >= 0.3 is 0 Å². The molecule has 0 saturated heterocycles. The molecule has 0 atom stereocenters. The number of fused-ring (bicyclic) bond motifs is 1. The van der Waals surface area contributed by atoms with Crippen LogP contribution in [-0.2, 0) is 17.6 Å². The van der Waals surface area contributed by atoms with Gasteiger partial charge in [0.15, 0.2) is 0 Å². The molecule has 3 aromatic rings. The molecule has 1 aliphatic carbocycles. The zero-order chi connectivity index (χ0) is 23.2. The molecule has 0 fully saturated rings. The van der Waals surface area contributed by atoms with Gasteiger partial charge < -0.3 is 15.9 Å². The van der Waals surface area contributed by atoms with Crippen LogP contribution in [0.2, 0.25) is 0 Å². The minimum absolute atomic E-state index is 0.0812. The Morgan fingerprint density at radius 1 is 1.36 bits per heavy atom. The highest BCUT2D eigenvalue weighted by molar-refractivity contribution is 7.99. The predicted octanol–water partition coefficient (Wildman–Crippen LogP) is 2.99. The third kappa shape index (κ3) is 5.27. The number of thiophene rings is 1. The molecule has 2 aromatic heterocycles. The summed E-state index contributed by atoms with van der Waals surface area (Å²) in [5.41, 5.74) is 5.28. The monoisotopic (exact) mass is 482 g/mol. The van der Waals surface area contributed by atoms with E-state index < -0.39 is 0 Å². The number of nitrogens with zero attached hydrogens (tertiary/aromatic N) is 5. The number of carbonyl (C=O) groups is 1. The van der Waals surface area contributed by atoms with Crippen LogP contribution in [0.1, 0.15) is 34.4 Å². The molecule has 0 aliphatic heterocycles. The van der Waals surface area contributed by atoms with E-state index in [0.29, 0.717) is 15.7 Å². The number of nitrogens with one attached hydrogen (secondary N) is 2. The van der Waals surface area contributed by atoms with Gasteiger partial charge in [-0.25, -0.2) is 10.1 Å². The van der Waals surface area contributed by atoms with Gasteiger partial charge in [-0.3, -0.25) is 4.79 Å². The fraction of sp³-hybridized carbons (Fsp3) is 0.286. The first-order valence-electron chi connectivity index (χ1n) is 10.2. The van der Waals surface area contributed by atoms with Crippen LogP contribution < -0.4 is 21.3 Å². The molecule has 170 valence electrons. The molecule has 1 aromatic carbocycles. The first kappa shape index (κ1) is 22.6. The highest BCUT2D eigenvalue weighted by Gasteiger charge is 2.22. The SMILES string of the molecule is COc1ccc(/C=N/Nc2nnc(SCC(=O)Nc3sc4c(c3C#N)CCCC4)n2N)cc1. The number of rotatable bonds is 8. The van der Waals surface area contributed by atoms with Crippen molar-refractivity contribution >= 4 is 46.2 Å². The zero-order valence-corrected chi connectivity index (χ0v) is 19.5. The van der Waals surface area contributed by atoms with E-state index in [4.69, 9.17) is 10.6 Å². The molecule has 10 nitrogen and oxygen atoms in total. The van der Waals surface area contributed by atoms with Gasteiger partial charge in [-0.1, -0.05) is 11.8 Å². The van der Waals surface area contributed by atoms with Crippen LogP contribution in [-0.4, -0.2) is 39.9 Å². The lowest BCUT2D eigenvalue weighted by Crippen LogP contribution is -2.17. The molecule has 1 aliphatic rings. The second-order valence-corrected chi connectivity index (χ2v) is 9.23. The van der Waals surface area contributed by atoms with Gasteiger partial charge in [-0.05, 0) is 61.1 Å². The van der Waals surface area contributed by atoms with E-state index in [2.05, 4.69) is 32.1 Å². The molecule has 0 spiro atoms. The molecule has 2 heterocycles. The van der Waals surface area contributed by atoms with E-state index in [1.807, 2.05) is 24.3 Å². The molecule has 1 amide bonds. The van der Waals surface area contributed by atoms with Crippen LogP contribution in [0.5, 0.6) is 5.75 Å². The summed E-state index contributed by atoms with van der Waals surface area (Å²) in [6.45, 7) is 0. The lowest BCUT2D eigenvalue weighted by atomic mass is 9.96. The number of benzene rings is 1. The molecule has 0 bridgehead atoms. The predicted molar refractivity (Wildman–Crippen MR) is 129 cm³/mol. The van der Waals surface area contributed by atoms with Crippen LogP contribution in [0.4, 0.5) is 10.9 Å². The highest BCUT2D eigenvalue weighted by atomic mass is 32.2. The summed E-state index contributed by atoms with van der Waals surface area (Å²) in [6, 6.07) is 9.63. The second kappa shape index (κ2) is 10.4. The van der Waals surface area contributed by atoms with Crippen molar-refractivity contribution in [3.8, 4) is 11.8 Å². The minimum atomic E-state index is -0.231. The van der Waals surface area contributed by atoms with Crippen LogP contribution in [0.15, 0.2) is 34.5 Å². The Morgan fingerprint density at radius 2 is 2.15 bits per heavy atom. The maximum Gasteiger partial charge on any atom is 0.264 e. The second-order valence-electron chi connectivity index (χ2n) is 7.18. The molecule has 0 radical (unpaired) electrons. The number of aryl methyl sites for hydroxylation is 1. The van der Waals surface area contributed by atoms with Gasteiger partial charge in [0.2, 0.25) is 11.1 Å². The molecular weight excluding hydrogens is 460 g/mol. The first-order valence-corrected chi connectivity index (χ1v) is 12.0. The van der Waals surface area contributed by atoms with Crippen molar-refractivity contribution in [1.29, 1.82) is 5.26 Å². The molecule has 4 rings (SSSR count). The van der Waals surface area contributed by atoms with Crippen molar-refractivity contribution < 1.29 is 9.53 Å². The summed E-state index contributed by atoms with van der Waals surface area (Å²) in [7, 11) is 1.61. The Morgan fingerprint density at radius 3 is 2.91 bits per heavy atom. The number of nitriles is 1. The quantitative estimate of drug-likeness (QED) is 0.192. The van der Waals surface area contributed by atoms with E-state index in [0.717, 1.165) is 54.3 Å². The lowest BCUT2D eigenvalue weighted by molar-refractivity contribution is -0.113. The zero-order valence-electron chi connectivity index (χ0n) is 17.9. The summed E-state index contributed by atoms with van der Waals surface area (Å²) < 4.78 is 6.35. The van der Waals surface area contributed by atoms with Gasteiger partial charge in [-0.15, -0.1) is 21.5 Å². The fourth-order valence-corrected chi connectivity index (χ4v) is 5.28. The van der Waals surface area contributed by atoms with Crippen molar-refractivity contribution in [2.45, 2.75) is 30.8 Å². The number of hydrazone groups is 1. The highest BCUT2D eigenvalue weighted by Crippen LogP contribution is 2.37. The minimum Gasteiger partial charge on any atom is -0.497 e. The molecular formula is C21H22N8O2S2. The number of aromatic nitrogens is 3. The molecule has 33 heavy (non-hydrogen) atoms. The summed E-state index contributed by atoms with van der Waals surface area (Å²) in [6.07, 6.45) is 5.67. The third-order valence-corrected chi connectivity index (χ3v) is 7.18. The average Bonchev–Trinajstić information content (AvgIpc) is 3.37. The van der Waals surface area contributed by atoms with Crippen molar-refractivity contribution in [3.05, 3.63) is 45.8 Å². The number of hydrogen-bond acceptors (Lipinski definition) is 10. The van der Waals surface area contributed by atoms with Gasteiger partial charge in [-0.2, -0.15) is 10.4 Å². The first-order chi connectivity index (χ1) is 16.1. The Kier molecular flexibility index (Phi) is 7.11. The summed E-state index contributed by atoms with van der Waals surface area (Å²) >= 11 is 2.64. The normalized spacial score (nSPS) is 12.8.